The topological polar surface area (TPSA) is 67.3 Å². The molecule has 0 radical (unpaired) electrons. The molecule has 0 bridgehead atoms. The number of ether oxygens (including phenoxy) is 1. The monoisotopic (exact) mass is 452 g/mol. The Kier molecular flexibility index (Phi) is 6.49. The summed E-state index contributed by atoms with van der Waals surface area (Å²) in [5.74, 6) is 0.879. The summed E-state index contributed by atoms with van der Waals surface area (Å²) in [5.41, 5.74) is 4.39. The van der Waals surface area contributed by atoms with Gasteiger partial charge in [-0.05, 0) is 43.2 Å². The first-order chi connectivity index (χ1) is 16.7. The highest BCUT2D eigenvalue weighted by Gasteiger charge is 2.23. The van der Waals surface area contributed by atoms with Gasteiger partial charge in [-0.3, -0.25) is 14.7 Å². The van der Waals surface area contributed by atoms with Gasteiger partial charge in [0, 0.05) is 54.6 Å². The first-order valence-corrected chi connectivity index (χ1v) is 11.7. The largest absolute Gasteiger partial charge is 0.496 e. The summed E-state index contributed by atoms with van der Waals surface area (Å²) in [6.07, 6.45) is 5.32. The lowest BCUT2D eigenvalue weighted by atomic mass is 10.0. The molecule has 1 saturated heterocycles. The molecule has 0 aliphatic carbocycles. The van der Waals surface area contributed by atoms with Crippen LogP contribution in [0.4, 0.5) is 0 Å². The van der Waals surface area contributed by atoms with E-state index in [0.29, 0.717) is 5.56 Å². The Labute approximate surface area is 199 Å². The molecular weight excluding hydrogens is 424 g/mol. The van der Waals surface area contributed by atoms with Gasteiger partial charge in [-0.25, -0.2) is 4.98 Å². The number of piperidine rings is 1. The van der Waals surface area contributed by atoms with Gasteiger partial charge in [0.25, 0.3) is 5.91 Å². The molecule has 0 saturated carbocycles. The first-order valence-electron chi connectivity index (χ1n) is 11.7. The molecule has 34 heavy (non-hydrogen) atoms. The maximum absolute atomic E-state index is 13.4. The molecule has 1 fully saturated rings. The second-order valence-corrected chi connectivity index (χ2v) is 8.64. The number of benzene rings is 2. The lowest BCUT2D eigenvalue weighted by molar-refractivity contribution is 0.0910. The minimum atomic E-state index is -0.0444. The van der Waals surface area contributed by atoms with Gasteiger partial charge in [-0.15, -0.1) is 0 Å². The summed E-state index contributed by atoms with van der Waals surface area (Å²) >= 11 is 0. The van der Waals surface area contributed by atoms with Crippen LogP contribution in [0.15, 0.2) is 79.1 Å². The molecule has 0 unspecified atom stereocenters. The lowest BCUT2D eigenvalue weighted by Gasteiger charge is -2.32. The third-order valence-electron chi connectivity index (χ3n) is 6.45. The quantitative estimate of drug-likeness (QED) is 0.459. The van der Waals surface area contributed by atoms with E-state index >= 15 is 0 Å². The van der Waals surface area contributed by atoms with Crippen molar-refractivity contribution in [3.8, 4) is 17.0 Å². The zero-order valence-corrected chi connectivity index (χ0v) is 19.3. The standard InChI is InChI=1S/C28H28N4O2/c1-34-27-9-5-2-6-21(27)19-32-16-12-22(13-17-32)30-28(33)24-18-26(20-10-14-29-15-11-20)31-25-8-4-3-7-23(24)25/h2-11,14-15,18,22H,12-13,16-17,19H2,1H3,(H,30,33). The number of aromatic nitrogens is 2. The summed E-state index contributed by atoms with van der Waals surface area (Å²) in [4.78, 5) is 24.7. The maximum Gasteiger partial charge on any atom is 0.252 e. The van der Waals surface area contributed by atoms with Crippen LogP contribution >= 0.6 is 0 Å². The highest BCUT2D eigenvalue weighted by molar-refractivity contribution is 6.07. The van der Waals surface area contributed by atoms with Crippen LogP contribution in [-0.4, -0.2) is 47.0 Å². The van der Waals surface area contributed by atoms with Gasteiger partial charge in [0.05, 0.1) is 23.9 Å². The average molecular weight is 453 g/mol. The van der Waals surface area contributed by atoms with Crippen molar-refractivity contribution in [3.05, 3.63) is 90.3 Å². The third kappa shape index (κ3) is 4.77. The Morgan fingerprint density at radius 1 is 1.03 bits per heavy atom. The summed E-state index contributed by atoms with van der Waals surface area (Å²) in [7, 11) is 1.71. The highest BCUT2D eigenvalue weighted by atomic mass is 16.5. The van der Waals surface area contributed by atoms with Crippen LogP contribution < -0.4 is 10.1 Å². The molecular formula is C28H28N4O2. The van der Waals surface area contributed by atoms with E-state index in [9.17, 15) is 4.79 Å². The van der Waals surface area contributed by atoms with Crippen molar-refractivity contribution >= 4 is 16.8 Å². The van der Waals surface area contributed by atoms with Crippen molar-refractivity contribution in [1.29, 1.82) is 0 Å². The smallest absolute Gasteiger partial charge is 0.252 e. The van der Waals surface area contributed by atoms with Gasteiger partial charge in [0.15, 0.2) is 0 Å². The first kappa shape index (κ1) is 22.0. The highest BCUT2D eigenvalue weighted by Crippen LogP contribution is 2.25. The minimum absolute atomic E-state index is 0.0444. The Balaban J connectivity index is 1.29. The van der Waals surface area contributed by atoms with E-state index in [-0.39, 0.29) is 11.9 Å². The maximum atomic E-state index is 13.4. The van der Waals surface area contributed by atoms with Crippen LogP contribution in [0.2, 0.25) is 0 Å². The number of pyridine rings is 2. The number of amides is 1. The van der Waals surface area contributed by atoms with Gasteiger partial charge < -0.3 is 10.1 Å². The number of methoxy groups -OCH3 is 1. The minimum Gasteiger partial charge on any atom is -0.496 e. The Hall–Kier alpha value is -3.77. The van der Waals surface area contributed by atoms with Crippen molar-refractivity contribution in [2.24, 2.45) is 0 Å². The summed E-state index contributed by atoms with van der Waals surface area (Å²) in [6, 6.07) is 21.8. The van der Waals surface area contributed by atoms with Crippen LogP contribution in [0.3, 0.4) is 0 Å². The molecule has 2 aromatic heterocycles. The summed E-state index contributed by atoms with van der Waals surface area (Å²) < 4.78 is 5.49. The number of hydrogen-bond donors (Lipinski definition) is 1. The van der Waals surface area contributed by atoms with Crippen LogP contribution in [-0.2, 0) is 6.54 Å². The fourth-order valence-electron chi connectivity index (χ4n) is 4.61. The zero-order valence-electron chi connectivity index (χ0n) is 19.3. The van der Waals surface area contributed by atoms with E-state index in [1.54, 1.807) is 19.5 Å². The number of para-hydroxylation sites is 2. The van der Waals surface area contributed by atoms with E-state index in [1.165, 1.54) is 5.56 Å². The molecule has 1 amide bonds. The van der Waals surface area contributed by atoms with Crippen molar-refractivity contribution < 1.29 is 9.53 Å². The number of hydrogen-bond acceptors (Lipinski definition) is 5. The van der Waals surface area contributed by atoms with Crippen molar-refractivity contribution in [2.45, 2.75) is 25.4 Å². The molecule has 1 aliphatic heterocycles. The molecule has 0 spiro atoms. The number of nitrogens with zero attached hydrogens (tertiary/aromatic N) is 3. The molecule has 6 heteroatoms. The molecule has 6 nitrogen and oxygen atoms in total. The number of likely N-dealkylation sites (tertiary alicyclic amines) is 1. The van der Waals surface area contributed by atoms with Crippen LogP contribution in [0.5, 0.6) is 5.75 Å². The fraction of sp³-hybridized carbons (Fsp3) is 0.250. The summed E-state index contributed by atoms with van der Waals surface area (Å²) in [6.45, 7) is 2.72. The molecule has 2 aromatic carbocycles. The molecule has 0 atom stereocenters. The van der Waals surface area contributed by atoms with E-state index in [4.69, 9.17) is 9.72 Å². The Morgan fingerprint density at radius 2 is 1.76 bits per heavy atom. The Morgan fingerprint density at radius 3 is 2.56 bits per heavy atom. The molecule has 5 rings (SSSR count). The van der Waals surface area contributed by atoms with Crippen LogP contribution in [0.1, 0.15) is 28.8 Å². The molecule has 1 N–H and O–H groups in total. The second kappa shape index (κ2) is 10.0. The van der Waals surface area contributed by atoms with E-state index in [0.717, 1.165) is 60.4 Å². The average Bonchev–Trinajstić information content (AvgIpc) is 2.90. The van der Waals surface area contributed by atoms with Crippen molar-refractivity contribution in [3.63, 3.8) is 0 Å². The molecule has 1 aliphatic rings. The molecule has 172 valence electrons. The number of fused-ring (bicyclic) bond motifs is 1. The van der Waals surface area contributed by atoms with Gasteiger partial charge in [0.1, 0.15) is 5.75 Å². The number of rotatable bonds is 6. The van der Waals surface area contributed by atoms with Gasteiger partial charge >= 0.3 is 0 Å². The van der Waals surface area contributed by atoms with Gasteiger partial charge in [0.2, 0.25) is 0 Å². The molecule has 3 heterocycles. The third-order valence-corrected chi connectivity index (χ3v) is 6.45. The normalized spacial score (nSPS) is 14.7. The van der Waals surface area contributed by atoms with Crippen LogP contribution in [0, 0.1) is 0 Å². The molecule has 4 aromatic rings. The predicted molar refractivity (Wildman–Crippen MR) is 134 cm³/mol. The van der Waals surface area contributed by atoms with Crippen molar-refractivity contribution in [2.75, 3.05) is 20.2 Å². The van der Waals surface area contributed by atoms with E-state index < -0.39 is 0 Å². The number of carbonyl (C=O) groups excluding carboxylic acids is 1. The zero-order chi connectivity index (χ0) is 23.3. The lowest BCUT2D eigenvalue weighted by Crippen LogP contribution is -2.44. The number of nitrogens with one attached hydrogen (secondary N) is 1. The fourth-order valence-corrected chi connectivity index (χ4v) is 4.61. The Bertz CT molecular complexity index is 1280. The van der Waals surface area contributed by atoms with Crippen molar-refractivity contribution in [1.82, 2.24) is 20.2 Å². The second-order valence-electron chi connectivity index (χ2n) is 8.64. The predicted octanol–water partition coefficient (Wildman–Crippen LogP) is 4.70. The number of carbonyl (C=O) groups is 1. The van der Waals surface area contributed by atoms with E-state index in [1.807, 2.05) is 60.7 Å². The van der Waals surface area contributed by atoms with Gasteiger partial charge in [-0.1, -0.05) is 36.4 Å². The summed E-state index contributed by atoms with van der Waals surface area (Å²) in [5, 5.41) is 4.15. The van der Waals surface area contributed by atoms with Gasteiger partial charge in [-0.2, -0.15) is 0 Å². The van der Waals surface area contributed by atoms with E-state index in [2.05, 4.69) is 21.3 Å². The SMILES string of the molecule is COc1ccccc1CN1CCC(NC(=O)c2cc(-c3ccncc3)nc3ccccc23)CC1. The van der Waals surface area contributed by atoms with Crippen LogP contribution in [0.25, 0.3) is 22.2 Å².